The molecule has 0 fully saturated rings. The van der Waals surface area contributed by atoms with Gasteiger partial charge in [0.2, 0.25) is 0 Å². The summed E-state index contributed by atoms with van der Waals surface area (Å²) in [5.41, 5.74) is 0. The zero-order valence-corrected chi connectivity index (χ0v) is 4.94. The SMILES string of the molecule is FCSn1cccn1. The fourth-order valence-electron chi connectivity index (χ4n) is 0.381. The van der Waals surface area contributed by atoms with Crippen LogP contribution in [-0.4, -0.2) is 15.2 Å². The normalized spacial score (nSPS) is 9.62. The lowest BCUT2D eigenvalue weighted by molar-refractivity contribution is 0.603. The molecule has 0 saturated heterocycles. The van der Waals surface area contributed by atoms with Crippen molar-refractivity contribution in [3.8, 4) is 0 Å². The van der Waals surface area contributed by atoms with Gasteiger partial charge in [-0.15, -0.1) is 0 Å². The molecule has 0 bridgehead atoms. The molecule has 1 rings (SSSR count). The van der Waals surface area contributed by atoms with Crippen LogP contribution >= 0.6 is 11.9 Å². The summed E-state index contributed by atoms with van der Waals surface area (Å²) in [6.07, 6.45) is 3.31. The number of halogens is 1. The lowest BCUT2D eigenvalue weighted by Gasteiger charge is -1.89. The minimum absolute atomic E-state index is 0.429. The molecule has 0 aliphatic rings. The van der Waals surface area contributed by atoms with Crippen molar-refractivity contribution in [3.63, 3.8) is 0 Å². The Morgan fingerprint density at radius 2 is 2.62 bits per heavy atom. The van der Waals surface area contributed by atoms with Crippen LogP contribution in [0.1, 0.15) is 0 Å². The van der Waals surface area contributed by atoms with Crippen molar-refractivity contribution < 1.29 is 4.39 Å². The van der Waals surface area contributed by atoms with Crippen LogP contribution in [0.3, 0.4) is 0 Å². The third kappa shape index (κ3) is 1.23. The number of nitrogens with zero attached hydrogens (tertiary/aromatic N) is 2. The van der Waals surface area contributed by atoms with Crippen LogP contribution < -0.4 is 0 Å². The summed E-state index contributed by atoms with van der Waals surface area (Å²) in [4.78, 5) is 0. The maximum Gasteiger partial charge on any atom is 0.156 e. The molecule has 4 heteroatoms. The molecule has 0 radical (unpaired) electrons. The third-order valence-corrected chi connectivity index (χ3v) is 1.24. The summed E-state index contributed by atoms with van der Waals surface area (Å²) in [6.45, 7) is 0. The quantitative estimate of drug-likeness (QED) is 0.603. The first-order valence-electron chi connectivity index (χ1n) is 2.12. The molecule has 0 N–H and O–H groups in total. The molecule has 0 amide bonds. The summed E-state index contributed by atoms with van der Waals surface area (Å²) in [5.74, 6) is 0. The molecule has 2 nitrogen and oxygen atoms in total. The molecule has 1 aromatic heterocycles. The number of alkyl halides is 1. The molecular weight excluding hydrogens is 127 g/mol. The second-order valence-electron chi connectivity index (χ2n) is 1.15. The summed E-state index contributed by atoms with van der Waals surface area (Å²) >= 11 is 1.02. The topological polar surface area (TPSA) is 17.8 Å². The smallest absolute Gasteiger partial charge is 0.156 e. The van der Waals surface area contributed by atoms with Crippen LogP contribution in [0.2, 0.25) is 0 Å². The van der Waals surface area contributed by atoms with Crippen LogP contribution in [0.5, 0.6) is 0 Å². The number of aromatic nitrogens is 2. The predicted octanol–water partition coefficient (Wildman–Crippen LogP) is 1.31. The fraction of sp³-hybridized carbons (Fsp3) is 0.250. The van der Waals surface area contributed by atoms with Gasteiger partial charge in [-0.05, 0) is 6.07 Å². The second-order valence-corrected chi connectivity index (χ2v) is 2.00. The molecule has 0 atom stereocenters. The van der Waals surface area contributed by atoms with E-state index in [1.165, 1.54) is 4.09 Å². The monoisotopic (exact) mass is 132 g/mol. The summed E-state index contributed by atoms with van der Waals surface area (Å²) in [6, 6.07) is 1.32. The van der Waals surface area contributed by atoms with Crippen molar-refractivity contribution in [2.45, 2.75) is 0 Å². The highest BCUT2D eigenvalue weighted by Crippen LogP contribution is 2.01. The summed E-state index contributed by atoms with van der Waals surface area (Å²) < 4.78 is 12.9. The van der Waals surface area contributed by atoms with E-state index in [0.717, 1.165) is 11.9 Å². The Kier molecular flexibility index (Phi) is 1.91. The lowest BCUT2D eigenvalue weighted by Crippen LogP contribution is -1.84. The molecular formula is C4H5FN2S. The van der Waals surface area contributed by atoms with E-state index in [9.17, 15) is 4.39 Å². The fourth-order valence-corrected chi connectivity index (χ4v) is 0.759. The summed E-state index contributed by atoms with van der Waals surface area (Å²) in [5, 5.41) is 3.75. The largest absolute Gasteiger partial charge is 0.237 e. The van der Waals surface area contributed by atoms with Crippen molar-refractivity contribution >= 4 is 11.9 Å². The number of hydrogen-bond donors (Lipinski definition) is 0. The minimum Gasteiger partial charge on any atom is -0.237 e. The van der Waals surface area contributed by atoms with E-state index < -0.39 is 6.01 Å². The van der Waals surface area contributed by atoms with E-state index in [0.29, 0.717) is 0 Å². The van der Waals surface area contributed by atoms with E-state index in [1.807, 2.05) is 0 Å². The van der Waals surface area contributed by atoms with Crippen LogP contribution in [0.25, 0.3) is 0 Å². The van der Waals surface area contributed by atoms with Crippen LogP contribution in [0.4, 0.5) is 4.39 Å². The van der Waals surface area contributed by atoms with Crippen LogP contribution in [0.15, 0.2) is 18.5 Å². The lowest BCUT2D eigenvalue weighted by atomic mass is 10.8. The van der Waals surface area contributed by atoms with Gasteiger partial charge >= 0.3 is 0 Å². The van der Waals surface area contributed by atoms with Crippen molar-refractivity contribution in [3.05, 3.63) is 18.5 Å². The third-order valence-electron chi connectivity index (χ3n) is 0.661. The molecule has 1 heterocycles. The standard InChI is InChI=1S/C4H5FN2S/c5-4-8-7-3-1-2-6-7/h1-3H,4H2. The maximum atomic E-state index is 11.5. The van der Waals surface area contributed by atoms with Gasteiger partial charge in [-0.1, -0.05) is 0 Å². The van der Waals surface area contributed by atoms with Gasteiger partial charge in [0, 0.05) is 24.3 Å². The highest BCUT2D eigenvalue weighted by molar-refractivity contribution is 7.97. The van der Waals surface area contributed by atoms with Gasteiger partial charge in [0.1, 0.15) is 0 Å². The molecule has 0 aliphatic heterocycles. The van der Waals surface area contributed by atoms with Gasteiger partial charge in [-0.2, -0.15) is 5.10 Å². The van der Waals surface area contributed by atoms with Gasteiger partial charge in [0.15, 0.2) is 6.01 Å². The van der Waals surface area contributed by atoms with Gasteiger partial charge in [-0.25, -0.2) is 8.48 Å². The molecule has 0 unspecified atom stereocenters. The number of hydrogen-bond acceptors (Lipinski definition) is 2. The molecule has 0 aromatic carbocycles. The number of rotatable bonds is 2. The molecule has 0 saturated carbocycles. The molecule has 0 spiro atoms. The van der Waals surface area contributed by atoms with Gasteiger partial charge in [-0.3, -0.25) is 0 Å². The van der Waals surface area contributed by atoms with Gasteiger partial charge in [0.25, 0.3) is 0 Å². The zero-order chi connectivity index (χ0) is 5.82. The van der Waals surface area contributed by atoms with E-state index in [4.69, 9.17) is 0 Å². The first-order valence-corrected chi connectivity index (χ1v) is 3.06. The molecule has 0 aliphatic carbocycles. The van der Waals surface area contributed by atoms with E-state index in [1.54, 1.807) is 18.5 Å². The van der Waals surface area contributed by atoms with E-state index in [2.05, 4.69) is 5.10 Å². The zero-order valence-electron chi connectivity index (χ0n) is 4.12. The van der Waals surface area contributed by atoms with E-state index in [-0.39, 0.29) is 0 Å². The van der Waals surface area contributed by atoms with Gasteiger partial charge in [0.05, 0.1) is 0 Å². The first-order chi connectivity index (χ1) is 3.93. The highest BCUT2D eigenvalue weighted by atomic mass is 32.2. The van der Waals surface area contributed by atoms with Crippen molar-refractivity contribution in [2.75, 3.05) is 6.01 Å². The van der Waals surface area contributed by atoms with E-state index >= 15 is 0 Å². The van der Waals surface area contributed by atoms with Crippen molar-refractivity contribution in [2.24, 2.45) is 0 Å². The average Bonchev–Trinajstić information content (AvgIpc) is 2.19. The summed E-state index contributed by atoms with van der Waals surface area (Å²) in [7, 11) is 0. The Balaban J connectivity index is 2.50. The van der Waals surface area contributed by atoms with Crippen LogP contribution in [-0.2, 0) is 0 Å². The van der Waals surface area contributed by atoms with Crippen LogP contribution in [0, 0.1) is 0 Å². The Labute approximate surface area is 50.8 Å². The predicted molar refractivity (Wildman–Crippen MR) is 31.2 cm³/mol. The first kappa shape index (κ1) is 5.62. The minimum atomic E-state index is -0.429. The second kappa shape index (κ2) is 2.71. The van der Waals surface area contributed by atoms with Gasteiger partial charge < -0.3 is 0 Å². The molecule has 8 heavy (non-hydrogen) atoms. The molecule has 44 valence electrons. The Hall–Kier alpha value is -0.510. The average molecular weight is 132 g/mol. The Bertz CT molecular complexity index is 140. The Morgan fingerprint density at radius 3 is 3.12 bits per heavy atom. The maximum absolute atomic E-state index is 11.5. The van der Waals surface area contributed by atoms with Crippen molar-refractivity contribution in [1.29, 1.82) is 0 Å². The highest BCUT2D eigenvalue weighted by Gasteiger charge is 1.85. The van der Waals surface area contributed by atoms with Crippen molar-refractivity contribution in [1.82, 2.24) is 9.19 Å². The Morgan fingerprint density at radius 1 is 1.75 bits per heavy atom. The molecule has 1 aromatic rings.